The molecule has 1 aliphatic rings. The van der Waals surface area contributed by atoms with Crippen molar-refractivity contribution in [2.75, 3.05) is 6.61 Å². The van der Waals surface area contributed by atoms with Gasteiger partial charge in [-0.15, -0.1) is 0 Å². The standard InChI is InChI=1S/C19H26N2O3/c1-5-24-19(23)17(12(2)3)13(4)20-21-18(22)16-11-15(16)14-9-7-6-8-10-14/h6-10,12,15-17H,5,11H2,1-4H3,(H,21,22)/b20-13-/t15-,16+,17-/m0/s1. The summed E-state index contributed by atoms with van der Waals surface area (Å²) in [5, 5.41) is 4.15. The van der Waals surface area contributed by atoms with Crippen LogP contribution in [-0.4, -0.2) is 24.2 Å². The van der Waals surface area contributed by atoms with Crippen LogP contribution in [-0.2, 0) is 14.3 Å². The Morgan fingerprint density at radius 1 is 1.29 bits per heavy atom. The third kappa shape index (κ3) is 4.43. The molecule has 0 bridgehead atoms. The highest BCUT2D eigenvalue weighted by Crippen LogP contribution is 2.47. The fourth-order valence-corrected chi connectivity index (χ4v) is 3.01. The molecule has 5 nitrogen and oxygen atoms in total. The molecular weight excluding hydrogens is 304 g/mol. The van der Waals surface area contributed by atoms with E-state index in [0.29, 0.717) is 12.3 Å². The number of nitrogens with one attached hydrogen (secondary N) is 1. The third-order valence-electron chi connectivity index (χ3n) is 4.35. The van der Waals surface area contributed by atoms with Crippen molar-refractivity contribution in [1.29, 1.82) is 0 Å². The topological polar surface area (TPSA) is 67.8 Å². The molecule has 0 unspecified atom stereocenters. The average Bonchev–Trinajstić information content (AvgIpc) is 3.34. The quantitative estimate of drug-likeness (QED) is 0.474. The second kappa shape index (κ2) is 8.08. The van der Waals surface area contributed by atoms with Crippen molar-refractivity contribution in [2.45, 2.75) is 40.0 Å². The van der Waals surface area contributed by atoms with Gasteiger partial charge in [0.05, 0.1) is 12.5 Å². The number of carbonyl (C=O) groups is 2. The molecule has 1 N–H and O–H groups in total. The van der Waals surface area contributed by atoms with E-state index in [1.54, 1.807) is 13.8 Å². The molecule has 1 amide bonds. The summed E-state index contributed by atoms with van der Waals surface area (Å²) in [4.78, 5) is 24.3. The zero-order valence-electron chi connectivity index (χ0n) is 14.8. The summed E-state index contributed by atoms with van der Waals surface area (Å²) in [6, 6.07) is 10.0. The second-order valence-corrected chi connectivity index (χ2v) is 6.56. The zero-order valence-corrected chi connectivity index (χ0v) is 14.8. The summed E-state index contributed by atoms with van der Waals surface area (Å²) in [6.07, 6.45) is 0.843. The molecular formula is C19H26N2O3. The van der Waals surface area contributed by atoms with Crippen molar-refractivity contribution in [1.82, 2.24) is 5.43 Å². The first-order valence-corrected chi connectivity index (χ1v) is 8.51. The van der Waals surface area contributed by atoms with Gasteiger partial charge in [-0.25, -0.2) is 5.43 Å². The van der Waals surface area contributed by atoms with Gasteiger partial charge in [-0.1, -0.05) is 44.2 Å². The van der Waals surface area contributed by atoms with E-state index in [4.69, 9.17) is 4.74 Å². The summed E-state index contributed by atoms with van der Waals surface area (Å²) in [7, 11) is 0. The molecule has 0 aromatic heterocycles. The Morgan fingerprint density at radius 3 is 2.54 bits per heavy atom. The molecule has 1 aromatic rings. The van der Waals surface area contributed by atoms with Crippen LogP contribution >= 0.6 is 0 Å². The minimum atomic E-state index is -0.436. The molecule has 3 atom stereocenters. The lowest BCUT2D eigenvalue weighted by Gasteiger charge is -2.18. The van der Waals surface area contributed by atoms with E-state index in [1.165, 1.54) is 5.56 Å². The van der Waals surface area contributed by atoms with Crippen molar-refractivity contribution >= 4 is 17.6 Å². The predicted octanol–water partition coefficient (Wildman–Crippen LogP) is 3.12. The van der Waals surface area contributed by atoms with Crippen LogP contribution in [0.25, 0.3) is 0 Å². The van der Waals surface area contributed by atoms with E-state index >= 15 is 0 Å². The molecule has 1 saturated carbocycles. The first kappa shape index (κ1) is 18.2. The molecule has 1 aromatic carbocycles. The summed E-state index contributed by atoms with van der Waals surface area (Å²) in [6.45, 7) is 7.75. The van der Waals surface area contributed by atoms with E-state index in [0.717, 1.165) is 6.42 Å². The Bertz CT molecular complexity index is 610. The molecule has 0 radical (unpaired) electrons. The Balaban J connectivity index is 1.94. The van der Waals surface area contributed by atoms with Gasteiger partial charge in [-0.05, 0) is 37.7 Å². The maximum Gasteiger partial charge on any atom is 0.314 e. The minimum Gasteiger partial charge on any atom is -0.465 e. The Morgan fingerprint density at radius 2 is 1.96 bits per heavy atom. The molecule has 24 heavy (non-hydrogen) atoms. The molecule has 2 rings (SSSR count). The van der Waals surface area contributed by atoms with Gasteiger partial charge in [-0.3, -0.25) is 9.59 Å². The monoisotopic (exact) mass is 330 g/mol. The Kier molecular flexibility index (Phi) is 6.12. The Labute approximate surface area is 143 Å². The van der Waals surface area contributed by atoms with Crippen LogP contribution in [0.4, 0.5) is 0 Å². The van der Waals surface area contributed by atoms with Gasteiger partial charge in [0.25, 0.3) is 0 Å². The van der Waals surface area contributed by atoms with Crippen LogP contribution in [0.1, 0.15) is 45.6 Å². The van der Waals surface area contributed by atoms with Crippen LogP contribution < -0.4 is 5.43 Å². The van der Waals surface area contributed by atoms with Gasteiger partial charge in [0.15, 0.2) is 0 Å². The lowest BCUT2D eigenvalue weighted by molar-refractivity contribution is -0.146. The average molecular weight is 330 g/mol. The van der Waals surface area contributed by atoms with E-state index in [9.17, 15) is 9.59 Å². The molecule has 130 valence electrons. The van der Waals surface area contributed by atoms with E-state index < -0.39 is 5.92 Å². The number of hydrogen-bond donors (Lipinski definition) is 1. The number of hydrazone groups is 1. The largest absolute Gasteiger partial charge is 0.465 e. The van der Waals surface area contributed by atoms with Crippen molar-refractivity contribution in [3.63, 3.8) is 0 Å². The summed E-state index contributed by atoms with van der Waals surface area (Å²) in [5.41, 5.74) is 4.38. The number of ether oxygens (including phenoxy) is 1. The van der Waals surface area contributed by atoms with Crippen molar-refractivity contribution in [2.24, 2.45) is 22.9 Å². The maximum absolute atomic E-state index is 12.2. The van der Waals surface area contributed by atoms with Crippen molar-refractivity contribution < 1.29 is 14.3 Å². The lowest BCUT2D eigenvalue weighted by Crippen LogP contribution is -2.31. The number of benzene rings is 1. The van der Waals surface area contributed by atoms with E-state index in [1.807, 2.05) is 44.2 Å². The molecule has 1 fully saturated rings. The van der Waals surface area contributed by atoms with Crippen LogP contribution in [0.2, 0.25) is 0 Å². The van der Waals surface area contributed by atoms with Crippen LogP contribution in [0.3, 0.4) is 0 Å². The van der Waals surface area contributed by atoms with Crippen LogP contribution in [0, 0.1) is 17.8 Å². The minimum absolute atomic E-state index is 0.0379. The second-order valence-electron chi connectivity index (χ2n) is 6.56. The number of esters is 1. The normalized spacial score (nSPS) is 21.3. The lowest BCUT2D eigenvalue weighted by atomic mass is 9.92. The fraction of sp³-hybridized carbons (Fsp3) is 0.526. The van der Waals surface area contributed by atoms with Gasteiger partial charge in [0.2, 0.25) is 5.91 Å². The molecule has 0 aliphatic heterocycles. The smallest absolute Gasteiger partial charge is 0.314 e. The maximum atomic E-state index is 12.2. The number of carbonyl (C=O) groups excluding carboxylic acids is 2. The predicted molar refractivity (Wildman–Crippen MR) is 93.5 cm³/mol. The molecule has 0 spiro atoms. The molecule has 0 heterocycles. The third-order valence-corrected chi connectivity index (χ3v) is 4.35. The molecule has 5 heteroatoms. The number of amides is 1. The van der Waals surface area contributed by atoms with Gasteiger partial charge in [0, 0.05) is 11.6 Å². The highest BCUT2D eigenvalue weighted by atomic mass is 16.5. The van der Waals surface area contributed by atoms with Crippen LogP contribution in [0.5, 0.6) is 0 Å². The van der Waals surface area contributed by atoms with Crippen LogP contribution in [0.15, 0.2) is 35.4 Å². The SMILES string of the molecule is CCOC(=O)[C@H](/C(C)=N\NC(=O)[C@@H]1C[C@H]1c1ccccc1)C(C)C. The number of rotatable bonds is 7. The van der Waals surface area contributed by atoms with Crippen molar-refractivity contribution in [3.8, 4) is 0 Å². The summed E-state index contributed by atoms with van der Waals surface area (Å²) >= 11 is 0. The first-order valence-electron chi connectivity index (χ1n) is 8.51. The highest BCUT2D eigenvalue weighted by molar-refractivity contribution is 6.01. The summed E-state index contributed by atoms with van der Waals surface area (Å²) in [5.74, 6) is -0.528. The zero-order chi connectivity index (χ0) is 17.7. The van der Waals surface area contributed by atoms with E-state index in [2.05, 4.69) is 10.5 Å². The summed E-state index contributed by atoms with van der Waals surface area (Å²) < 4.78 is 5.10. The number of hydrogen-bond acceptors (Lipinski definition) is 4. The first-order chi connectivity index (χ1) is 11.5. The van der Waals surface area contributed by atoms with Crippen molar-refractivity contribution in [3.05, 3.63) is 35.9 Å². The van der Waals surface area contributed by atoms with E-state index in [-0.39, 0.29) is 29.6 Å². The van der Waals surface area contributed by atoms with Gasteiger partial charge >= 0.3 is 5.97 Å². The van der Waals surface area contributed by atoms with Gasteiger partial charge in [-0.2, -0.15) is 5.10 Å². The van der Waals surface area contributed by atoms with Gasteiger partial charge in [0.1, 0.15) is 0 Å². The van der Waals surface area contributed by atoms with Gasteiger partial charge < -0.3 is 4.74 Å². The molecule has 0 saturated heterocycles. The number of nitrogens with zero attached hydrogens (tertiary/aromatic N) is 1. The molecule has 1 aliphatic carbocycles. The fourth-order valence-electron chi connectivity index (χ4n) is 3.01. The highest BCUT2D eigenvalue weighted by Gasteiger charge is 2.44. The Hall–Kier alpha value is -2.17.